The molecule has 0 aliphatic carbocycles. The molecule has 0 aliphatic heterocycles. The van der Waals surface area contributed by atoms with Gasteiger partial charge in [-0.3, -0.25) is 14.5 Å². The SMILES string of the molecule is CC(C)c1cc(-c2ccccc2)cc(C(C)C)c1-n1c(-c2cc(C(C)(C)C)cc(C(C)(C)C)c2O)nc2c(-c3cc(-c4ccccc4)cc(-c4cc(-c5ccccc5)ccn4)c3)nccc21. The van der Waals surface area contributed by atoms with Crippen molar-refractivity contribution in [3.63, 3.8) is 0 Å². The Hall–Kier alpha value is -7.11. The maximum absolute atomic E-state index is 12.7. The molecule has 1 N–H and O–H groups in total. The molecule has 5 nitrogen and oxygen atoms in total. The summed E-state index contributed by atoms with van der Waals surface area (Å²) in [5, 5.41) is 12.7. The van der Waals surface area contributed by atoms with Crippen LogP contribution in [-0.4, -0.2) is 24.6 Å². The van der Waals surface area contributed by atoms with Crippen LogP contribution in [0.4, 0.5) is 0 Å². The van der Waals surface area contributed by atoms with Crippen LogP contribution in [0.25, 0.3) is 84.0 Å². The Kier molecular flexibility index (Phi) is 11.6. The van der Waals surface area contributed by atoms with Crippen molar-refractivity contribution in [3.8, 4) is 78.7 Å². The Labute approximate surface area is 390 Å². The van der Waals surface area contributed by atoms with Crippen LogP contribution in [-0.2, 0) is 10.8 Å². The molecular formula is C61H60N4O. The highest BCUT2D eigenvalue weighted by atomic mass is 16.3. The fourth-order valence-corrected chi connectivity index (χ4v) is 9.16. The number of aromatic hydroxyl groups is 1. The number of hydrogen-bond donors (Lipinski definition) is 1. The van der Waals surface area contributed by atoms with E-state index in [0.717, 1.165) is 72.6 Å². The van der Waals surface area contributed by atoms with E-state index < -0.39 is 0 Å². The summed E-state index contributed by atoms with van der Waals surface area (Å²) in [5.41, 5.74) is 17.6. The van der Waals surface area contributed by atoms with Crippen molar-refractivity contribution in [2.24, 2.45) is 0 Å². The van der Waals surface area contributed by atoms with Crippen LogP contribution >= 0.6 is 0 Å². The lowest BCUT2D eigenvalue weighted by Crippen LogP contribution is -2.17. The highest BCUT2D eigenvalue weighted by molar-refractivity contribution is 5.96. The topological polar surface area (TPSA) is 63.8 Å². The highest BCUT2D eigenvalue weighted by Gasteiger charge is 2.31. The molecule has 0 saturated carbocycles. The molecule has 0 atom stereocenters. The number of aromatic nitrogens is 4. The molecule has 0 bridgehead atoms. The Balaban J connectivity index is 1.39. The average Bonchev–Trinajstić information content (AvgIpc) is 3.70. The first kappa shape index (κ1) is 44.1. The van der Waals surface area contributed by atoms with Gasteiger partial charge in [0, 0.05) is 29.1 Å². The Morgan fingerprint density at radius 1 is 0.485 bits per heavy atom. The van der Waals surface area contributed by atoms with E-state index in [9.17, 15) is 5.11 Å². The highest BCUT2D eigenvalue weighted by Crippen LogP contribution is 2.47. The minimum Gasteiger partial charge on any atom is -0.507 e. The van der Waals surface area contributed by atoms with E-state index in [2.05, 4.69) is 213 Å². The van der Waals surface area contributed by atoms with E-state index in [1.165, 1.54) is 22.3 Å². The van der Waals surface area contributed by atoms with Gasteiger partial charge in [0.1, 0.15) is 17.1 Å². The van der Waals surface area contributed by atoms with Gasteiger partial charge in [-0.1, -0.05) is 166 Å². The van der Waals surface area contributed by atoms with Crippen molar-refractivity contribution in [3.05, 3.63) is 186 Å². The zero-order valence-electron chi connectivity index (χ0n) is 40.0. The van der Waals surface area contributed by atoms with Gasteiger partial charge in [-0.05, 0) is 127 Å². The monoisotopic (exact) mass is 864 g/mol. The van der Waals surface area contributed by atoms with E-state index in [4.69, 9.17) is 15.0 Å². The standard InChI is InChI=1S/C61H60N4O/c1-38(2)49-33-45(42-24-18-13-19-25-42)34-50(39(3)4)57(49)65-54-27-29-63-55(56(54)64-59(65)51-36-48(60(5,6)7)37-52(58(51)66)61(8,9)10)47-31-44(41-22-16-12-17-23-41)30-46(32-47)53-35-43(26-28-62-53)40-20-14-11-15-21-40/h11-39,66H,1-10H3. The van der Waals surface area contributed by atoms with Crippen molar-refractivity contribution in [2.75, 3.05) is 0 Å². The number of imidazole rings is 1. The molecule has 6 aromatic carbocycles. The maximum atomic E-state index is 12.7. The van der Waals surface area contributed by atoms with Gasteiger partial charge in [0.05, 0.1) is 28.2 Å². The van der Waals surface area contributed by atoms with Gasteiger partial charge < -0.3 is 5.11 Å². The quantitative estimate of drug-likeness (QED) is 0.157. The third-order valence-electron chi connectivity index (χ3n) is 12.8. The molecule has 0 fully saturated rings. The number of phenolic OH excluding ortho intramolecular Hbond substituents is 1. The van der Waals surface area contributed by atoms with Crippen LogP contribution in [0.15, 0.2) is 164 Å². The molecule has 66 heavy (non-hydrogen) atoms. The second-order valence-electron chi connectivity index (χ2n) is 20.4. The molecule has 9 rings (SSSR count). The van der Waals surface area contributed by atoms with Crippen molar-refractivity contribution in [1.82, 2.24) is 19.5 Å². The molecule has 9 aromatic rings. The molecule has 0 aliphatic rings. The number of phenols is 1. The normalized spacial score (nSPS) is 12.1. The summed E-state index contributed by atoms with van der Waals surface area (Å²) < 4.78 is 2.33. The van der Waals surface area contributed by atoms with Crippen molar-refractivity contribution in [2.45, 2.75) is 91.9 Å². The summed E-state index contributed by atoms with van der Waals surface area (Å²) in [6.07, 6.45) is 3.81. The number of fused-ring (bicyclic) bond motifs is 1. The number of benzene rings is 6. The summed E-state index contributed by atoms with van der Waals surface area (Å²) in [7, 11) is 0. The summed E-state index contributed by atoms with van der Waals surface area (Å²) in [5.74, 6) is 1.26. The molecule has 3 heterocycles. The summed E-state index contributed by atoms with van der Waals surface area (Å²) in [6.45, 7) is 22.3. The molecule has 0 spiro atoms. The van der Waals surface area contributed by atoms with E-state index in [1.807, 2.05) is 24.5 Å². The van der Waals surface area contributed by atoms with Gasteiger partial charge in [0.15, 0.2) is 0 Å². The predicted molar refractivity (Wildman–Crippen MR) is 277 cm³/mol. The van der Waals surface area contributed by atoms with Gasteiger partial charge in [0.2, 0.25) is 0 Å². The van der Waals surface area contributed by atoms with Crippen molar-refractivity contribution < 1.29 is 5.11 Å². The first-order valence-electron chi connectivity index (χ1n) is 23.3. The van der Waals surface area contributed by atoms with Crippen LogP contribution < -0.4 is 0 Å². The lowest BCUT2D eigenvalue weighted by molar-refractivity contribution is 0.446. The Bertz CT molecular complexity index is 3180. The largest absolute Gasteiger partial charge is 0.507 e. The predicted octanol–water partition coefficient (Wildman–Crippen LogP) is 16.4. The van der Waals surface area contributed by atoms with Gasteiger partial charge >= 0.3 is 0 Å². The first-order valence-corrected chi connectivity index (χ1v) is 23.3. The van der Waals surface area contributed by atoms with E-state index in [0.29, 0.717) is 11.4 Å². The van der Waals surface area contributed by atoms with Crippen LogP contribution in [0.3, 0.4) is 0 Å². The number of nitrogens with zero attached hydrogens (tertiary/aromatic N) is 4. The number of pyridine rings is 2. The van der Waals surface area contributed by atoms with E-state index in [-0.39, 0.29) is 28.4 Å². The Morgan fingerprint density at radius 2 is 1.00 bits per heavy atom. The van der Waals surface area contributed by atoms with Gasteiger partial charge in [-0.25, -0.2) is 4.98 Å². The van der Waals surface area contributed by atoms with Crippen LogP contribution in [0, 0.1) is 0 Å². The number of rotatable bonds is 9. The smallest absolute Gasteiger partial charge is 0.149 e. The zero-order valence-corrected chi connectivity index (χ0v) is 40.0. The second kappa shape index (κ2) is 17.4. The molecule has 0 amide bonds. The molecule has 3 aromatic heterocycles. The molecule has 330 valence electrons. The van der Waals surface area contributed by atoms with Gasteiger partial charge in [-0.15, -0.1) is 0 Å². The van der Waals surface area contributed by atoms with Crippen LogP contribution in [0.2, 0.25) is 0 Å². The lowest BCUT2D eigenvalue weighted by atomic mass is 9.78. The molecule has 0 saturated heterocycles. The Morgan fingerprint density at radius 3 is 1.55 bits per heavy atom. The molecule has 5 heteroatoms. The molecule has 0 radical (unpaired) electrons. The maximum Gasteiger partial charge on any atom is 0.149 e. The van der Waals surface area contributed by atoms with Crippen LogP contribution in [0.5, 0.6) is 5.75 Å². The lowest BCUT2D eigenvalue weighted by Gasteiger charge is -2.28. The van der Waals surface area contributed by atoms with E-state index in [1.54, 1.807) is 0 Å². The molecule has 0 unspecified atom stereocenters. The van der Waals surface area contributed by atoms with Crippen molar-refractivity contribution in [1.29, 1.82) is 0 Å². The van der Waals surface area contributed by atoms with Crippen LogP contribution in [0.1, 0.15) is 103 Å². The average molecular weight is 865 g/mol. The zero-order chi connectivity index (χ0) is 46.5. The minimum atomic E-state index is -0.340. The summed E-state index contributed by atoms with van der Waals surface area (Å²) in [6, 6.07) is 53.7. The minimum absolute atomic E-state index is 0.164. The fraction of sp³-hybridized carbons (Fsp3) is 0.230. The number of hydrogen-bond acceptors (Lipinski definition) is 4. The summed E-state index contributed by atoms with van der Waals surface area (Å²) >= 11 is 0. The first-order chi connectivity index (χ1) is 31.6. The third-order valence-corrected chi connectivity index (χ3v) is 12.8. The second-order valence-corrected chi connectivity index (χ2v) is 20.4. The molecular weight excluding hydrogens is 805 g/mol. The van der Waals surface area contributed by atoms with Crippen molar-refractivity contribution >= 4 is 11.0 Å². The van der Waals surface area contributed by atoms with E-state index >= 15 is 0 Å². The summed E-state index contributed by atoms with van der Waals surface area (Å²) in [4.78, 5) is 15.9. The third kappa shape index (κ3) is 8.47. The fourth-order valence-electron chi connectivity index (χ4n) is 9.16. The van der Waals surface area contributed by atoms with Gasteiger partial charge in [-0.2, -0.15) is 0 Å². The van der Waals surface area contributed by atoms with Gasteiger partial charge in [0.25, 0.3) is 0 Å².